The van der Waals surface area contributed by atoms with Gasteiger partial charge in [-0.2, -0.15) is 0 Å². The standard InChI is InChI=1S/C15H23NO2/c1-5-13(15(17)16-10-11(2)3)18-14-9-7-6-8-12(14)4/h6-9,11,13H,5,10H2,1-4H3,(H,16,17). The summed E-state index contributed by atoms with van der Waals surface area (Å²) in [5.41, 5.74) is 1.05. The molecule has 0 saturated heterocycles. The molecular formula is C15H23NO2. The van der Waals surface area contributed by atoms with Crippen LogP contribution in [-0.2, 0) is 4.79 Å². The lowest BCUT2D eigenvalue weighted by Gasteiger charge is -2.19. The molecule has 18 heavy (non-hydrogen) atoms. The Morgan fingerprint density at radius 1 is 1.33 bits per heavy atom. The fourth-order valence-corrected chi connectivity index (χ4v) is 1.58. The van der Waals surface area contributed by atoms with E-state index in [1.165, 1.54) is 0 Å². The molecule has 0 aliphatic heterocycles. The number of ether oxygens (including phenoxy) is 1. The third kappa shape index (κ3) is 4.40. The number of carbonyl (C=O) groups is 1. The van der Waals surface area contributed by atoms with Crippen molar-refractivity contribution in [3.05, 3.63) is 29.8 Å². The van der Waals surface area contributed by atoms with Crippen molar-refractivity contribution in [1.29, 1.82) is 0 Å². The Morgan fingerprint density at radius 2 is 2.00 bits per heavy atom. The Hall–Kier alpha value is -1.51. The van der Waals surface area contributed by atoms with Crippen LogP contribution >= 0.6 is 0 Å². The monoisotopic (exact) mass is 249 g/mol. The van der Waals surface area contributed by atoms with Gasteiger partial charge in [-0.05, 0) is 30.9 Å². The van der Waals surface area contributed by atoms with Crippen LogP contribution in [0.1, 0.15) is 32.8 Å². The zero-order valence-corrected chi connectivity index (χ0v) is 11.7. The first kappa shape index (κ1) is 14.6. The van der Waals surface area contributed by atoms with Crippen LogP contribution in [0.2, 0.25) is 0 Å². The van der Waals surface area contributed by atoms with Gasteiger partial charge in [-0.25, -0.2) is 0 Å². The minimum absolute atomic E-state index is 0.0329. The van der Waals surface area contributed by atoms with Crippen LogP contribution in [0.5, 0.6) is 5.75 Å². The van der Waals surface area contributed by atoms with E-state index in [1.807, 2.05) is 38.1 Å². The van der Waals surface area contributed by atoms with E-state index in [0.29, 0.717) is 18.9 Å². The van der Waals surface area contributed by atoms with Crippen molar-refractivity contribution < 1.29 is 9.53 Å². The summed E-state index contributed by atoms with van der Waals surface area (Å²) in [5, 5.41) is 2.91. The van der Waals surface area contributed by atoms with E-state index >= 15 is 0 Å². The van der Waals surface area contributed by atoms with E-state index in [9.17, 15) is 4.79 Å². The van der Waals surface area contributed by atoms with Gasteiger partial charge in [0.25, 0.3) is 5.91 Å². The molecule has 0 aliphatic rings. The van der Waals surface area contributed by atoms with E-state index in [4.69, 9.17) is 4.74 Å². The van der Waals surface area contributed by atoms with Gasteiger partial charge in [0, 0.05) is 6.54 Å². The molecule has 0 saturated carbocycles. The number of hydrogen-bond donors (Lipinski definition) is 1. The summed E-state index contributed by atoms with van der Waals surface area (Å²) >= 11 is 0. The molecule has 0 heterocycles. The third-order valence-corrected chi connectivity index (χ3v) is 2.71. The molecule has 0 fully saturated rings. The van der Waals surface area contributed by atoms with Crippen molar-refractivity contribution in [1.82, 2.24) is 5.32 Å². The fraction of sp³-hybridized carbons (Fsp3) is 0.533. The Labute approximate surface area is 110 Å². The van der Waals surface area contributed by atoms with Crippen molar-refractivity contribution in [3.63, 3.8) is 0 Å². The van der Waals surface area contributed by atoms with Crippen molar-refractivity contribution >= 4 is 5.91 Å². The third-order valence-electron chi connectivity index (χ3n) is 2.71. The van der Waals surface area contributed by atoms with E-state index in [-0.39, 0.29) is 5.91 Å². The second kappa shape index (κ2) is 7.04. The van der Waals surface area contributed by atoms with Gasteiger partial charge in [0.05, 0.1) is 0 Å². The molecule has 0 aromatic heterocycles. The molecule has 0 aliphatic carbocycles. The van der Waals surface area contributed by atoms with Crippen LogP contribution in [0, 0.1) is 12.8 Å². The maximum atomic E-state index is 12.0. The van der Waals surface area contributed by atoms with Crippen molar-refractivity contribution in [2.24, 2.45) is 5.92 Å². The minimum Gasteiger partial charge on any atom is -0.480 e. The molecular weight excluding hydrogens is 226 g/mol. The number of hydrogen-bond acceptors (Lipinski definition) is 2. The van der Waals surface area contributed by atoms with Crippen LogP contribution in [0.3, 0.4) is 0 Å². The van der Waals surface area contributed by atoms with Crippen molar-refractivity contribution in [2.45, 2.75) is 40.2 Å². The van der Waals surface area contributed by atoms with Gasteiger partial charge in [-0.3, -0.25) is 4.79 Å². The smallest absolute Gasteiger partial charge is 0.261 e. The number of nitrogens with one attached hydrogen (secondary N) is 1. The average Bonchev–Trinajstić information content (AvgIpc) is 2.35. The highest BCUT2D eigenvalue weighted by atomic mass is 16.5. The van der Waals surface area contributed by atoms with E-state index in [0.717, 1.165) is 11.3 Å². The van der Waals surface area contributed by atoms with Gasteiger partial charge in [-0.1, -0.05) is 39.0 Å². The van der Waals surface area contributed by atoms with Gasteiger partial charge in [0.2, 0.25) is 0 Å². The molecule has 3 nitrogen and oxygen atoms in total. The highest BCUT2D eigenvalue weighted by Gasteiger charge is 2.18. The number of para-hydroxylation sites is 1. The van der Waals surface area contributed by atoms with Crippen LogP contribution in [-0.4, -0.2) is 18.6 Å². The summed E-state index contributed by atoms with van der Waals surface area (Å²) in [7, 11) is 0. The first-order valence-corrected chi connectivity index (χ1v) is 6.54. The highest BCUT2D eigenvalue weighted by Crippen LogP contribution is 2.18. The Morgan fingerprint density at radius 3 is 2.56 bits per heavy atom. The molecule has 1 N–H and O–H groups in total. The lowest BCUT2D eigenvalue weighted by molar-refractivity contribution is -0.128. The van der Waals surface area contributed by atoms with Crippen LogP contribution in [0.25, 0.3) is 0 Å². The number of carbonyl (C=O) groups excluding carboxylic acids is 1. The zero-order valence-electron chi connectivity index (χ0n) is 11.7. The summed E-state index contributed by atoms with van der Waals surface area (Å²) in [6, 6.07) is 7.75. The molecule has 0 radical (unpaired) electrons. The van der Waals surface area contributed by atoms with Gasteiger partial charge in [0.15, 0.2) is 6.10 Å². The second-order valence-electron chi connectivity index (χ2n) is 4.92. The van der Waals surface area contributed by atoms with E-state index < -0.39 is 6.10 Å². The summed E-state index contributed by atoms with van der Waals surface area (Å²) in [5.74, 6) is 1.20. The molecule has 1 unspecified atom stereocenters. The van der Waals surface area contributed by atoms with Gasteiger partial charge in [0.1, 0.15) is 5.75 Å². The Bertz CT molecular complexity index is 388. The largest absolute Gasteiger partial charge is 0.480 e. The zero-order chi connectivity index (χ0) is 13.5. The molecule has 100 valence electrons. The number of aryl methyl sites for hydroxylation is 1. The molecule has 3 heteroatoms. The van der Waals surface area contributed by atoms with Crippen LogP contribution < -0.4 is 10.1 Å². The predicted octanol–water partition coefficient (Wildman–Crippen LogP) is 2.92. The minimum atomic E-state index is -0.412. The number of rotatable bonds is 6. The maximum Gasteiger partial charge on any atom is 0.261 e. The van der Waals surface area contributed by atoms with Crippen molar-refractivity contribution in [3.8, 4) is 5.75 Å². The van der Waals surface area contributed by atoms with Gasteiger partial charge < -0.3 is 10.1 Å². The SMILES string of the molecule is CCC(Oc1ccccc1C)C(=O)NCC(C)C. The Kier molecular flexibility index (Phi) is 5.69. The molecule has 1 rings (SSSR count). The predicted molar refractivity (Wildman–Crippen MR) is 73.7 cm³/mol. The van der Waals surface area contributed by atoms with E-state index in [1.54, 1.807) is 0 Å². The number of benzene rings is 1. The average molecular weight is 249 g/mol. The lowest BCUT2D eigenvalue weighted by Crippen LogP contribution is -2.39. The molecule has 1 aromatic carbocycles. The quantitative estimate of drug-likeness (QED) is 0.841. The topological polar surface area (TPSA) is 38.3 Å². The van der Waals surface area contributed by atoms with Crippen molar-refractivity contribution in [2.75, 3.05) is 6.54 Å². The molecule has 0 spiro atoms. The molecule has 1 aromatic rings. The molecule has 1 amide bonds. The summed E-state index contributed by atoms with van der Waals surface area (Å²) < 4.78 is 5.78. The first-order chi connectivity index (χ1) is 8.54. The summed E-state index contributed by atoms with van der Waals surface area (Å²) in [4.78, 5) is 12.0. The maximum absolute atomic E-state index is 12.0. The second-order valence-corrected chi connectivity index (χ2v) is 4.92. The molecule has 1 atom stereocenters. The summed E-state index contributed by atoms with van der Waals surface area (Å²) in [6.07, 6.45) is 0.253. The van der Waals surface area contributed by atoms with Gasteiger partial charge >= 0.3 is 0 Å². The van der Waals surface area contributed by atoms with Crippen LogP contribution in [0.15, 0.2) is 24.3 Å². The van der Waals surface area contributed by atoms with Crippen LogP contribution in [0.4, 0.5) is 0 Å². The van der Waals surface area contributed by atoms with Gasteiger partial charge in [-0.15, -0.1) is 0 Å². The highest BCUT2D eigenvalue weighted by molar-refractivity contribution is 5.81. The number of amides is 1. The lowest BCUT2D eigenvalue weighted by atomic mass is 10.2. The summed E-state index contributed by atoms with van der Waals surface area (Å²) in [6.45, 7) is 8.77. The normalized spacial score (nSPS) is 12.3. The first-order valence-electron chi connectivity index (χ1n) is 6.54. The molecule has 0 bridgehead atoms. The van der Waals surface area contributed by atoms with E-state index in [2.05, 4.69) is 19.2 Å². The Balaban J connectivity index is 2.62. The fourth-order valence-electron chi connectivity index (χ4n) is 1.58.